The van der Waals surface area contributed by atoms with Gasteiger partial charge in [0.05, 0.1) is 13.7 Å². The first-order valence-corrected chi connectivity index (χ1v) is 6.24. The van der Waals surface area contributed by atoms with Crippen molar-refractivity contribution < 1.29 is 19.4 Å². The molecule has 0 heterocycles. The van der Waals surface area contributed by atoms with Crippen molar-refractivity contribution in [2.24, 2.45) is 0 Å². The van der Waals surface area contributed by atoms with E-state index < -0.39 is 12.1 Å². The Kier molecular flexibility index (Phi) is 4.74. The number of ether oxygens (including phenoxy) is 2. The summed E-state index contributed by atoms with van der Waals surface area (Å²) in [6.45, 7) is -0.0284. The van der Waals surface area contributed by atoms with Crippen LogP contribution in [0.3, 0.4) is 0 Å². The third kappa shape index (κ3) is 3.36. The van der Waals surface area contributed by atoms with E-state index in [1.807, 2.05) is 30.3 Å². The maximum atomic E-state index is 11.9. The van der Waals surface area contributed by atoms with Gasteiger partial charge >= 0.3 is 5.97 Å². The lowest BCUT2D eigenvalue weighted by molar-refractivity contribution is -0.149. The molecule has 104 valence electrons. The van der Waals surface area contributed by atoms with Gasteiger partial charge in [0, 0.05) is 5.56 Å². The van der Waals surface area contributed by atoms with E-state index >= 15 is 0 Å². The van der Waals surface area contributed by atoms with E-state index in [1.165, 1.54) is 7.11 Å². The lowest BCUT2D eigenvalue weighted by Gasteiger charge is -2.17. The fourth-order valence-electron chi connectivity index (χ4n) is 1.80. The lowest BCUT2D eigenvalue weighted by Crippen LogP contribution is -2.20. The normalized spacial score (nSPS) is 11.7. The second-order valence-corrected chi connectivity index (χ2v) is 4.23. The van der Waals surface area contributed by atoms with Crippen molar-refractivity contribution in [3.05, 3.63) is 65.7 Å². The van der Waals surface area contributed by atoms with Gasteiger partial charge in [-0.1, -0.05) is 42.5 Å². The van der Waals surface area contributed by atoms with Crippen LogP contribution in [0.5, 0.6) is 5.75 Å². The summed E-state index contributed by atoms with van der Waals surface area (Å²) < 4.78 is 10.5. The highest BCUT2D eigenvalue weighted by Gasteiger charge is 2.23. The molecule has 0 fully saturated rings. The van der Waals surface area contributed by atoms with Crippen molar-refractivity contribution in [3.8, 4) is 5.75 Å². The molecule has 0 radical (unpaired) electrons. The summed E-state index contributed by atoms with van der Waals surface area (Å²) in [4.78, 5) is 11.9. The van der Waals surface area contributed by atoms with Crippen LogP contribution in [-0.2, 0) is 16.1 Å². The van der Waals surface area contributed by atoms with Crippen LogP contribution in [0.25, 0.3) is 0 Å². The van der Waals surface area contributed by atoms with E-state index in [9.17, 15) is 4.79 Å². The summed E-state index contributed by atoms with van der Waals surface area (Å²) in [7, 11) is 1.33. The summed E-state index contributed by atoms with van der Waals surface area (Å²) >= 11 is 0. The van der Waals surface area contributed by atoms with Crippen molar-refractivity contribution >= 4 is 5.97 Å². The number of hydrogen-bond acceptors (Lipinski definition) is 4. The Morgan fingerprint density at radius 1 is 1.10 bits per heavy atom. The quantitative estimate of drug-likeness (QED) is 0.849. The molecule has 2 aromatic rings. The van der Waals surface area contributed by atoms with E-state index in [0.717, 1.165) is 11.1 Å². The van der Waals surface area contributed by atoms with E-state index in [2.05, 4.69) is 0 Å². The molecule has 4 heteroatoms. The Labute approximate surface area is 117 Å². The third-order valence-corrected chi connectivity index (χ3v) is 2.88. The van der Waals surface area contributed by atoms with Crippen LogP contribution in [0.15, 0.2) is 54.6 Å². The predicted octanol–water partition coefficient (Wildman–Crippen LogP) is 2.47. The molecule has 0 amide bonds. The minimum atomic E-state index is -0.804. The van der Waals surface area contributed by atoms with Gasteiger partial charge in [-0.25, -0.2) is 4.79 Å². The molecule has 2 aromatic carbocycles. The molecule has 4 nitrogen and oxygen atoms in total. The Morgan fingerprint density at radius 2 is 1.75 bits per heavy atom. The average Bonchev–Trinajstić information content (AvgIpc) is 2.53. The van der Waals surface area contributed by atoms with E-state index in [-0.39, 0.29) is 6.61 Å². The van der Waals surface area contributed by atoms with Crippen LogP contribution in [0, 0.1) is 0 Å². The highest BCUT2D eigenvalue weighted by Crippen LogP contribution is 2.23. The number of esters is 1. The Balaban J connectivity index is 2.21. The molecule has 20 heavy (non-hydrogen) atoms. The van der Waals surface area contributed by atoms with Crippen molar-refractivity contribution in [2.45, 2.75) is 12.7 Å². The maximum Gasteiger partial charge on any atom is 0.351 e. The topological polar surface area (TPSA) is 55.8 Å². The standard InChI is InChI=1S/C16H16O4/c1-19-16(18)15(13-5-3-2-4-6-13)20-14-9-7-12(11-17)8-10-14/h2-10,15,17H,11H2,1H3/t15-/m1/s1. The average molecular weight is 272 g/mol. The maximum absolute atomic E-state index is 11.9. The van der Waals surface area contributed by atoms with Crippen molar-refractivity contribution in [1.82, 2.24) is 0 Å². The first-order valence-electron chi connectivity index (χ1n) is 6.24. The largest absolute Gasteiger partial charge is 0.474 e. The highest BCUT2D eigenvalue weighted by molar-refractivity contribution is 5.76. The molecule has 2 rings (SSSR count). The minimum Gasteiger partial charge on any atom is -0.474 e. The second kappa shape index (κ2) is 6.73. The summed E-state index contributed by atoms with van der Waals surface area (Å²) in [6, 6.07) is 16.1. The summed E-state index contributed by atoms with van der Waals surface area (Å²) in [5, 5.41) is 9.00. The fraction of sp³-hybridized carbons (Fsp3) is 0.188. The van der Waals surface area contributed by atoms with Gasteiger partial charge in [-0.05, 0) is 17.7 Å². The summed E-state index contributed by atoms with van der Waals surface area (Å²) in [5.41, 5.74) is 1.51. The zero-order valence-electron chi connectivity index (χ0n) is 11.2. The van der Waals surface area contributed by atoms with Gasteiger partial charge in [-0.2, -0.15) is 0 Å². The van der Waals surface area contributed by atoms with Crippen molar-refractivity contribution in [2.75, 3.05) is 7.11 Å². The number of aliphatic hydroxyl groups excluding tert-OH is 1. The first kappa shape index (κ1) is 14.1. The molecule has 1 N–H and O–H groups in total. The van der Waals surface area contributed by atoms with E-state index in [0.29, 0.717) is 5.75 Å². The van der Waals surface area contributed by atoms with Crippen LogP contribution < -0.4 is 4.74 Å². The Bertz CT molecular complexity index is 548. The van der Waals surface area contributed by atoms with Gasteiger partial charge in [0.1, 0.15) is 5.75 Å². The minimum absolute atomic E-state index is 0.0284. The van der Waals surface area contributed by atoms with Gasteiger partial charge in [-0.15, -0.1) is 0 Å². The SMILES string of the molecule is COC(=O)[C@H](Oc1ccc(CO)cc1)c1ccccc1. The molecule has 0 bridgehead atoms. The van der Waals surface area contributed by atoms with Crippen LogP contribution in [0.1, 0.15) is 17.2 Å². The van der Waals surface area contributed by atoms with E-state index in [1.54, 1.807) is 24.3 Å². The molecule has 0 spiro atoms. The number of rotatable bonds is 5. The molecular formula is C16H16O4. The number of hydrogen-bond donors (Lipinski definition) is 1. The molecule has 0 aliphatic rings. The summed E-state index contributed by atoms with van der Waals surface area (Å²) in [5.74, 6) is 0.0869. The second-order valence-electron chi connectivity index (χ2n) is 4.23. The molecule has 0 unspecified atom stereocenters. The zero-order valence-corrected chi connectivity index (χ0v) is 11.2. The number of methoxy groups -OCH3 is 1. The van der Waals surface area contributed by atoms with Gasteiger partial charge < -0.3 is 14.6 Å². The van der Waals surface area contributed by atoms with Crippen molar-refractivity contribution in [3.63, 3.8) is 0 Å². The molecule has 0 saturated carbocycles. The molecule has 0 aromatic heterocycles. The first-order chi connectivity index (χ1) is 9.74. The van der Waals surface area contributed by atoms with Gasteiger partial charge in [0.25, 0.3) is 0 Å². The van der Waals surface area contributed by atoms with Gasteiger partial charge in [-0.3, -0.25) is 0 Å². The van der Waals surface area contributed by atoms with Crippen LogP contribution >= 0.6 is 0 Å². The van der Waals surface area contributed by atoms with E-state index in [4.69, 9.17) is 14.6 Å². The molecule has 0 aliphatic heterocycles. The third-order valence-electron chi connectivity index (χ3n) is 2.88. The number of carbonyl (C=O) groups is 1. The van der Waals surface area contributed by atoms with Crippen LogP contribution in [0.4, 0.5) is 0 Å². The smallest absolute Gasteiger partial charge is 0.351 e. The monoisotopic (exact) mass is 272 g/mol. The summed E-state index contributed by atoms with van der Waals surface area (Å²) in [6.07, 6.45) is -0.804. The Hall–Kier alpha value is -2.33. The number of carbonyl (C=O) groups excluding carboxylic acids is 1. The number of aliphatic hydroxyl groups is 1. The molecule has 1 atom stereocenters. The molecular weight excluding hydrogens is 256 g/mol. The molecule has 0 aliphatic carbocycles. The van der Waals surface area contributed by atoms with Gasteiger partial charge in [0.15, 0.2) is 0 Å². The highest BCUT2D eigenvalue weighted by atomic mass is 16.6. The number of benzene rings is 2. The van der Waals surface area contributed by atoms with Crippen molar-refractivity contribution in [1.29, 1.82) is 0 Å². The lowest BCUT2D eigenvalue weighted by atomic mass is 10.1. The molecule has 0 saturated heterocycles. The Morgan fingerprint density at radius 3 is 2.30 bits per heavy atom. The zero-order chi connectivity index (χ0) is 14.4. The fourth-order valence-corrected chi connectivity index (χ4v) is 1.80. The predicted molar refractivity (Wildman–Crippen MR) is 74.2 cm³/mol. The van der Waals surface area contributed by atoms with Gasteiger partial charge in [0.2, 0.25) is 6.10 Å². The van der Waals surface area contributed by atoms with Crippen LogP contribution in [0.2, 0.25) is 0 Å². The van der Waals surface area contributed by atoms with Crippen LogP contribution in [-0.4, -0.2) is 18.2 Å².